The van der Waals surface area contributed by atoms with Crippen molar-refractivity contribution in [3.8, 4) is 0 Å². The van der Waals surface area contributed by atoms with Gasteiger partial charge in [-0.05, 0) is 39.3 Å². The summed E-state index contributed by atoms with van der Waals surface area (Å²) in [5, 5.41) is 20.5. The fourth-order valence-corrected chi connectivity index (χ4v) is 2.46. The van der Waals surface area contributed by atoms with Gasteiger partial charge in [-0.25, -0.2) is 0 Å². The number of aliphatic hydroxyl groups excluding tert-OH is 1. The molecule has 0 fully saturated rings. The Bertz CT molecular complexity index is 553. The minimum atomic E-state index is -0.648. The third-order valence-electron chi connectivity index (χ3n) is 3.21. The first-order chi connectivity index (χ1) is 9.16. The Morgan fingerprint density at radius 3 is 2.40 bits per heavy atom. The van der Waals surface area contributed by atoms with E-state index in [4.69, 9.17) is 0 Å². The fraction of sp³-hybridized carbons (Fsp3) is 0.500. The van der Waals surface area contributed by atoms with Crippen molar-refractivity contribution in [2.75, 3.05) is 13.6 Å². The van der Waals surface area contributed by atoms with Gasteiger partial charge < -0.3 is 10.0 Å². The SMILES string of the molecule is Cc1cc(C)c([N+](=O)[O-])c(C)c1C(=O)N(C)CC(C)O. The minimum Gasteiger partial charge on any atom is -0.392 e. The highest BCUT2D eigenvalue weighted by atomic mass is 16.6. The highest BCUT2D eigenvalue weighted by Gasteiger charge is 2.25. The Hall–Kier alpha value is -1.95. The third kappa shape index (κ3) is 3.14. The monoisotopic (exact) mass is 280 g/mol. The summed E-state index contributed by atoms with van der Waals surface area (Å²) in [6, 6.07) is 1.65. The molecule has 0 radical (unpaired) electrons. The number of nitro benzene ring substituents is 1. The summed E-state index contributed by atoms with van der Waals surface area (Å²) >= 11 is 0. The number of carbonyl (C=O) groups excluding carboxylic acids is 1. The number of benzene rings is 1. The van der Waals surface area contributed by atoms with E-state index in [9.17, 15) is 20.0 Å². The Morgan fingerprint density at radius 2 is 1.95 bits per heavy atom. The topological polar surface area (TPSA) is 83.7 Å². The number of hydrogen-bond donors (Lipinski definition) is 1. The molecule has 0 spiro atoms. The average molecular weight is 280 g/mol. The zero-order valence-electron chi connectivity index (χ0n) is 12.4. The maximum absolute atomic E-state index is 12.4. The van der Waals surface area contributed by atoms with Gasteiger partial charge in [0, 0.05) is 24.7 Å². The largest absolute Gasteiger partial charge is 0.392 e. The number of carbonyl (C=O) groups is 1. The molecule has 0 heterocycles. The molecule has 1 aromatic carbocycles. The molecule has 0 aliphatic rings. The molecular weight excluding hydrogens is 260 g/mol. The zero-order valence-corrected chi connectivity index (χ0v) is 12.4. The van der Waals surface area contributed by atoms with E-state index in [0.717, 1.165) is 0 Å². The molecule has 0 saturated carbocycles. The lowest BCUT2D eigenvalue weighted by atomic mass is 9.96. The summed E-state index contributed by atoms with van der Waals surface area (Å²) in [4.78, 5) is 24.4. The quantitative estimate of drug-likeness (QED) is 0.675. The number of amides is 1. The van der Waals surface area contributed by atoms with Crippen LogP contribution >= 0.6 is 0 Å². The predicted octanol–water partition coefficient (Wildman–Crippen LogP) is 1.97. The van der Waals surface area contributed by atoms with Gasteiger partial charge in [0.25, 0.3) is 11.6 Å². The van der Waals surface area contributed by atoms with Crippen molar-refractivity contribution in [3.05, 3.63) is 38.4 Å². The summed E-state index contributed by atoms with van der Waals surface area (Å²) in [5.41, 5.74) is 1.93. The van der Waals surface area contributed by atoms with Gasteiger partial charge in [0.2, 0.25) is 0 Å². The summed E-state index contributed by atoms with van der Waals surface area (Å²) < 4.78 is 0. The Kier molecular flexibility index (Phi) is 4.83. The van der Waals surface area contributed by atoms with Gasteiger partial charge in [-0.15, -0.1) is 0 Å². The second-order valence-electron chi connectivity index (χ2n) is 5.15. The van der Waals surface area contributed by atoms with Gasteiger partial charge in [0.15, 0.2) is 0 Å². The van der Waals surface area contributed by atoms with E-state index < -0.39 is 11.0 Å². The smallest absolute Gasteiger partial charge is 0.275 e. The van der Waals surface area contributed by atoms with Crippen molar-refractivity contribution < 1.29 is 14.8 Å². The first-order valence-electron chi connectivity index (χ1n) is 6.35. The van der Waals surface area contributed by atoms with Crippen LogP contribution in [-0.4, -0.2) is 40.5 Å². The van der Waals surface area contributed by atoms with Crippen molar-refractivity contribution in [1.29, 1.82) is 0 Å². The maximum Gasteiger partial charge on any atom is 0.275 e. The summed E-state index contributed by atoms with van der Waals surface area (Å²) in [6.07, 6.45) is -0.648. The molecule has 1 unspecified atom stereocenters. The molecule has 0 aliphatic carbocycles. The first kappa shape index (κ1) is 16.1. The van der Waals surface area contributed by atoms with E-state index in [1.54, 1.807) is 40.8 Å². The van der Waals surface area contributed by atoms with Gasteiger partial charge in [-0.1, -0.05) is 0 Å². The van der Waals surface area contributed by atoms with Crippen LogP contribution in [0.25, 0.3) is 0 Å². The number of nitrogens with zero attached hydrogens (tertiary/aromatic N) is 2. The number of aliphatic hydroxyl groups is 1. The number of aryl methyl sites for hydroxylation is 2. The van der Waals surface area contributed by atoms with Crippen molar-refractivity contribution in [1.82, 2.24) is 4.90 Å². The van der Waals surface area contributed by atoms with Gasteiger partial charge in [0.1, 0.15) is 0 Å². The first-order valence-corrected chi connectivity index (χ1v) is 6.35. The number of hydrogen-bond acceptors (Lipinski definition) is 4. The molecule has 1 amide bonds. The van der Waals surface area contributed by atoms with E-state index in [1.165, 1.54) is 4.90 Å². The van der Waals surface area contributed by atoms with Crippen molar-refractivity contribution in [2.24, 2.45) is 0 Å². The molecule has 6 heteroatoms. The molecule has 6 nitrogen and oxygen atoms in total. The molecule has 0 saturated heterocycles. The second-order valence-corrected chi connectivity index (χ2v) is 5.15. The van der Waals surface area contributed by atoms with Crippen molar-refractivity contribution in [3.63, 3.8) is 0 Å². The third-order valence-corrected chi connectivity index (χ3v) is 3.21. The molecule has 1 N–H and O–H groups in total. The van der Waals surface area contributed by atoms with Gasteiger partial charge in [0.05, 0.1) is 16.6 Å². The standard InChI is InChI=1S/C14H20N2O4/c1-8-6-9(2)13(16(19)20)11(4)12(8)14(18)15(5)7-10(3)17/h6,10,17H,7H2,1-5H3. The maximum atomic E-state index is 12.4. The Balaban J connectivity index is 3.35. The molecule has 1 aromatic rings. The molecule has 0 aromatic heterocycles. The molecule has 0 aliphatic heterocycles. The molecule has 0 bridgehead atoms. The van der Waals surface area contributed by atoms with Crippen LogP contribution in [0.1, 0.15) is 34.0 Å². The second kappa shape index (κ2) is 6.00. The number of nitro groups is 1. The van der Waals surface area contributed by atoms with E-state index >= 15 is 0 Å². The molecule has 1 atom stereocenters. The fourth-order valence-electron chi connectivity index (χ4n) is 2.46. The van der Waals surface area contributed by atoms with Crippen LogP contribution in [0.3, 0.4) is 0 Å². The van der Waals surface area contributed by atoms with Crippen molar-refractivity contribution in [2.45, 2.75) is 33.8 Å². The summed E-state index contributed by atoms with van der Waals surface area (Å²) in [6.45, 7) is 6.77. The van der Waals surface area contributed by atoms with Gasteiger partial charge >= 0.3 is 0 Å². The normalized spacial score (nSPS) is 12.1. The van der Waals surface area contributed by atoms with Crippen LogP contribution in [0.2, 0.25) is 0 Å². The Labute approximate surface area is 118 Å². The molecule has 20 heavy (non-hydrogen) atoms. The summed E-state index contributed by atoms with van der Waals surface area (Å²) in [5.74, 6) is -0.316. The van der Waals surface area contributed by atoms with Crippen molar-refractivity contribution >= 4 is 11.6 Å². The van der Waals surface area contributed by atoms with E-state index in [1.807, 2.05) is 0 Å². The van der Waals surface area contributed by atoms with E-state index in [2.05, 4.69) is 0 Å². The predicted molar refractivity (Wildman–Crippen MR) is 75.9 cm³/mol. The molecular formula is C14H20N2O4. The van der Waals surface area contributed by atoms with Gasteiger partial charge in [-0.3, -0.25) is 14.9 Å². The van der Waals surface area contributed by atoms with Crippen LogP contribution in [0.15, 0.2) is 6.07 Å². The Morgan fingerprint density at radius 1 is 1.40 bits per heavy atom. The van der Waals surface area contributed by atoms with Crippen LogP contribution in [0.4, 0.5) is 5.69 Å². The van der Waals surface area contributed by atoms with Gasteiger partial charge in [-0.2, -0.15) is 0 Å². The zero-order chi connectivity index (χ0) is 15.6. The lowest BCUT2D eigenvalue weighted by molar-refractivity contribution is -0.386. The van der Waals surface area contributed by atoms with Crippen LogP contribution in [-0.2, 0) is 0 Å². The lowest BCUT2D eigenvalue weighted by Gasteiger charge is -2.21. The minimum absolute atomic E-state index is 0.0237. The molecule has 1 rings (SSSR count). The average Bonchev–Trinajstić information content (AvgIpc) is 2.25. The molecule has 110 valence electrons. The highest BCUT2D eigenvalue weighted by molar-refractivity contribution is 5.98. The van der Waals surface area contributed by atoms with E-state index in [-0.39, 0.29) is 18.1 Å². The number of rotatable bonds is 4. The van der Waals surface area contributed by atoms with Crippen LogP contribution in [0.5, 0.6) is 0 Å². The number of likely N-dealkylation sites (N-methyl/N-ethyl adjacent to an activating group) is 1. The lowest BCUT2D eigenvalue weighted by Crippen LogP contribution is -2.34. The summed E-state index contributed by atoms with van der Waals surface area (Å²) in [7, 11) is 1.57. The van der Waals surface area contributed by atoms with Crippen LogP contribution < -0.4 is 0 Å². The van der Waals surface area contributed by atoms with Crippen LogP contribution in [0, 0.1) is 30.9 Å². The highest BCUT2D eigenvalue weighted by Crippen LogP contribution is 2.29. The van der Waals surface area contributed by atoms with E-state index in [0.29, 0.717) is 22.3 Å².